The molecule has 0 amide bonds. The molecular formula is C39H30N2. The SMILES string of the molecule is CC1(C)C2=C(C=CCC2)c2c1ccc1c2c2ccccc2n1-c1ccc(-n2c3ccccc3c3ccccc32)cc1. The zero-order valence-electron chi connectivity index (χ0n) is 23.4. The summed E-state index contributed by atoms with van der Waals surface area (Å²) in [4.78, 5) is 0. The maximum Gasteiger partial charge on any atom is 0.0547 e. The van der Waals surface area contributed by atoms with Crippen molar-refractivity contribution in [3.05, 3.63) is 138 Å². The second-order valence-electron chi connectivity index (χ2n) is 12.1. The molecule has 41 heavy (non-hydrogen) atoms. The van der Waals surface area contributed by atoms with E-state index in [1.165, 1.54) is 71.7 Å². The first kappa shape index (κ1) is 22.9. The minimum Gasteiger partial charge on any atom is -0.309 e. The van der Waals surface area contributed by atoms with Crippen LogP contribution in [0.5, 0.6) is 0 Å². The third-order valence-corrected chi connectivity index (χ3v) is 9.65. The molecule has 0 aliphatic heterocycles. The number of rotatable bonds is 2. The predicted octanol–water partition coefficient (Wildman–Crippen LogP) is 10.3. The second kappa shape index (κ2) is 8.11. The van der Waals surface area contributed by atoms with Crippen molar-refractivity contribution in [3.63, 3.8) is 0 Å². The highest BCUT2D eigenvalue weighted by atomic mass is 15.0. The molecule has 0 saturated heterocycles. The Bertz CT molecular complexity index is 2210. The predicted molar refractivity (Wildman–Crippen MR) is 173 cm³/mol. The van der Waals surface area contributed by atoms with Gasteiger partial charge in [0.15, 0.2) is 0 Å². The lowest BCUT2D eigenvalue weighted by molar-refractivity contribution is 0.608. The number of allylic oxidation sites excluding steroid dienone is 4. The minimum atomic E-state index is 0.0663. The molecule has 0 saturated carbocycles. The summed E-state index contributed by atoms with van der Waals surface area (Å²) >= 11 is 0. The molecule has 2 aromatic heterocycles. The summed E-state index contributed by atoms with van der Waals surface area (Å²) in [5.74, 6) is 0. The summed E-state index contributed by atoms with van der Waals surface area (Å²) in [5.41, 5.74) is 13.4. The van der Waals surface area contributed by atoms with Crippen LogP contribution in [0.25, 0.3) is 60.6 Å². The minimum absolute atomic E-state index is 0.0663. The Morgan fingerprint density at radius 3 is 1.73 bits per heavy atom. The average Bonchev–Trinajstić information content (AvgIpc) is 3.61. The molecule has 0 unspecified atom stereocenters. The summed E-state index contributed by atoms with van der Waals surface area (Å²) in [6.07, 6.45) is 7.03. The van der Waals surface area contributed by atoms with Gasteiger partial charge >= 0.3 is 0 Å². The van der Waals surface area contributed by atoms with Gasteiger partial charge in [-0.2, -0.15) is 0 Å². The van der Waals surface area contributed by atoms with Gasteiger partial charge < -0.3 is 9.13 Å². The van der Waals surface area contributed by atoms with Gasteiger partial charge in [-0.1, -0.05) is 92.2 Å². The fourth-order valence-corrected chi connectivity index (χ4v) is 7.80. The molecule has 9 rings (SSSR count). The van der Waals surface area contributed by atoms with Crippen LogP contribution < -0.4 is 0 Å². The lowest BCUT2D eigenvalue weighted by Crippen LogP contribution is -2.17. The number of nitrogens with zero attached hydrogens (tertiary/aromatic N) is 2. The summed E-state index contributed by atoms with van der Waals surface area (Å²) in [6, 6.07) is 40.2. The fourth-order valence-electron chi connectivity index (χ4n) is 7.80. The lowest BCUT2D eigenvalue weighted by atomic mass is 9.78. The maximum absolute atomic E-state index is 2.46. The topological polar surface area (TPSA) is 9.86 Å². The van der Waals surface area contributed by atoms with Crippen molar-refractivity contribution in [3.8, 4) is 11.4 Å². The molecule has 0 spiro atoms. The van der Waals surface area contributed by atoms with Crippen molar-refractivity contribution in [1.29, 1.82) is 0 Å². The highest BCUT2D eigenvalue weighted by Crippen LogP contribution is 2.53. The quantitative estimate of drug-likeness (QED) is 0.212. The highest BCUT2D eigenvalue weighted by Gasteiger charge is 2.39. The molecule has 2 heterocycles. The van der Waals surface area contributed by atoms with Gasteiger partial charge in [0.25, 0.3) is 0 Å². The lowest BCUT2D eigenvalue weighted by Gasteiger charge is -2.25. The summed E-state index contributed by atoms with van der Waals surface area (Å²) < 4.78 is 4.84. The first-order valence-corrected chi connectivity index (χ1v) is 14.7. The van der Waals surface area contributed by atoms with Crippen LogP contribution in [-0.4, -0.2) is 9.13 Å². The zero-order valence-corrected chi connectivity index (χ0v) is 23.4. The summed E-state index contributed by atoms with van der Waals surface area (Å²) in [6.45, 7) is 4.82. The molecule has 7 aromatic rings. The third-order valence-electron chi connectivity index (χ3n) is 9.65. The number of aromatic nitrogens is 2. The first-order valence-electron chi connectivity index (χ1n) is 14.7. The van der Waals surface area contributed by atoms with E-state index >= 15 is 0 Å². The van der Waals surface area contributed by atoms with Crippen LogP contribution in [0.2, 0.25) is 0 Å². The Hall–Kier alpha value is -4.82. The molecule has 2 aliphatic carbocycles. The smallest absolute Gasteiger partial charge is 0.0547 e. The van der Waals surface area contributed by atoms with Crippen LogP contribution in [0.1, 0.15) is 37.8 Å². The van der Waals surface area contributed by atoms with Gasteiger partial charge in [-0.05, 0) is 78.1 Å². The van der Waals surface area contributed by atoms with E-state index in [0.29, 0.717) is 0 Å². The molecular weight excluding hydrogens is 496 g/mol. The van der Waals surface area contributed by atoms with Crippen LogP contribution in [-0.2, 0) is 5.41 Å². The maximum atomic E-state index is 2.46. The number of para-hydroxylation sites is 3. The third kappa shape index (κ3) is 2.97. The Morgan fingerprint density at radius 1 is 0.561 bits per heavy atom. The van der Waals surface area contributed by atoms with Gasteiger partial charge in [0.05, 0.1) is 22.1 Å². The first-order chi connectivity index (χ1) is 20.1. The van der Waals surface area contributed by atoms with E-state index in [9.17, 15) is 0 Å². The van der Waals surface area contributed by atoms with Crippen LogP contribution in [0.15, 0.2) is 127 Å². The van der Waals surface area contributed by atoms with Gasteiger partial charge in [0, 0.05) is 38.3 Å². The highest BCUT2D eigenvalue weighted by molar-refractivity contribution is 6.16. The molecule has 5 aromatic carbocycles. The van der Waals surface area contributed by atoms with E-state index < -0.39 is 0 Å². The number of hydrogen-bond donors (Lipinski definition) is 0. The Kier molecular flexibility index (Phi) is 4.54. The standard InChI is InChI=1S/C39H30N2/c1-39(2)31-15-7-3-13-29(31)37-32(39)23-24-36-38(37)30-14-6-10-18-35(30)41(36)26-21-19-25(20-22-26)40-33-16-8-4-11-27(33)28-12-5-9-17-34(28)40/h3-6,8-14,16-24H,7,15H2,1-2H3. The fraction of sp³-hybridized carbons (Fsp3) is 0.128. The molecule has 0 bridgehead atoms. The Labute approximate surface area is 239 Å². The number of fused-ring (bicyclic) bond motifs is 9. The largest absolute Gasteiger partial charge is 0.309 e. The van der Waals surface area contributed by atoms with Gasteiger partial charge in [0.2, 0.25) is 0 Å². The number of benzene rings is 5. The molecule has 0 radical (unpaired) electrons. The van der Waals surface area contributed by atoms with Crippen LogP contribution in [0, 0.1) is 0 Å². The molecule has 2 heteroatoms. The van der Waals surface area contributed by atoms with Crippen LogP contribution in [0.4, 0.5) is 0 Å². The molecule has 196 valence electrons. The summed E-state index contributed by atoms with van der Waals surface area (Å²) in [5, 5.41) is 5.29. The van der Waals surface area contributed by atoms with E-state index in [1.54, 1.807) is 5.57 Å². The van der Waals surface area contributed by atoms with E-state index in [2.05, 4.69) is 144 Å². The van der Waals surface area contributed by atoms with Crippen molar-refractivity contribution in [1.82, 2.24) is 9.13 Å². The summed E-state index contributed by atoms with van der Waals surface area (Å²) in [7, 11) is 0. The Balaban J connectivity index is 1.28. The van der Waals surface area contributed by atoms with Crippen LogP contribution >= 0.6 is 0 Å². The molecule has 0 fully saturated rings. The van der Waals surface area contributed by atoms with Crippen molar-refractivity contribution < 1.29 is 0 Å². The Morgan fingerprint density at radius 2 is 1.10 bits per heavy atom. The van der Waals surface area contributed by atoms with Gasteiger partial charge in [-0.3, -0.25) is 0 Å². The molecule has 0 N–H and O–H groups in total. The van der Waals surface area contributed by atoms with Gasteiger partial charge in [-0.25, -0.2) is 0 Å². The average molecular weight is 527 g/mol. The van der Waals surface area contributed by atoms with Crippen molar-refractivity contribution in [2.45, 2.75) is 32.1 Å². The van der Waals surface area contributed by atoms with E-state index in [1.807, 2.05) is 0 Å². The van der Waals surface area contributed by atoms with Crippen LogP contribution in [0.3, 0.4) is 0 Å². The van der Waals surface area contributed by atoms with E-state index in [0.717, 1.165) is 12.8 Å². The van der Waals surface area contributed by atoms with Gasteiger partial charge in [0.1, 0.15) is 0 Å². The van der Waals surface area contributed by atoms with E-state index in [4.69, 9.17) is 0 Å². The molecule has 0 atom stereocenters. The normalized spacial score (nSPS) is 15.9. The second-order valence-corrected chi connectivity index (χ2v) is 12.1. The molecule has 2 aliphatic rings. The van der Waals surface area contributed by atoms with Gasteiger partial charge in [-0.15, -0.1) is 0 Å². The molecule has 2 nitrogen and oxygen atoms in total. The monoisotopic (exact) mass is 526 g/mol. The van der Waals surface area contributed by atoms with Crippen molar-refractivity contribution in [2.24, 2.45) is 0 Å². The number of hydrogen-bond acceptors (Lipinski definition) is 0. The zero-order chi connectivity index (χ0) is 27.3. The van der Waals surface area contributed by atoms with Crippen molar-refractivity contribution in [2.75, 3.05) is 0 Å². The van der Waals surface area contributed by atoms with Crippen molar-refractivity contribution >= 4 is 49.2 Å². The van der Waals surface area contributed by atoms with E-state index in [-0.39, 0.29) is 5.41 Å².